The Hall–Kier alpha value is -1.33. The van der Waals surface area contributed by atoms with E-state index in [9.17, 15) is 4.79 Å². The summed E-state index contributed by atoms with van der Waals surface area (Å²) in [6.07, 6.45) is 5.35. The Bertz CT molecular complexity index is 1140. The topological polar surface area (TPSA) is 71.9 Å². The maximum atomic E-state index is 12.7. The van der Waals surface area contributed by atoms with Gasteiger partial charge in [-0.2, -0.15) is 0 Å². The van der Waals surface area contributed by atoms with Crippen molar-refractivity contribution in [3.05, 3.63) is 63.1 Å². The van der Waals surface area contributed by atoms with E-state index in [0.717, 1.165) is 51.0 Å². The van der Waals surface area contributed by atoms with Crippen molar-refractivity contribution in [2.75, 3.05) is 13.2 Å². The minimum Gasteiger partial charge on any atom is -0.361 e. The fraction of sp³-hybridized carbons (Fsp3) is 0.462. The number of halogens is 2. The molecule has 10 heteroatoms. The van der Waals surface area contributed by atoms with Crippen molar-refractivity contribution in [2.45, 2.75) is 67.6 Å². The second-order valence-corrected chi connectivity index (χ2v) is 18.8. The molecule has 1 aliphatic rings. The van der Waals surface area contributed by atoms with Gasteiger partial charge in [0.1, 0.15) is 12.4 Å². The van der Waals surface area contributed by atoms with E-state index in [4.69, 9.17) is 9.72 Å². The van der Waals surface area contributed by atoms with E-state index >= 15 is 0 Å². The Labute approximate surface area is 235 Å². The summed E-state index contributed by atoms with van der Waals surface area (Å²) in [6, 6.07) is 13.3. The molecule has 3 aromatic rings. The van der Waals surface area contributed by atoms with Crippen molar-refractivity contribution < 1.29 is 9.53 Å². The molecule has 0 aliphatic heterocycles. The van der Waals surface area contributed by atoms with Gasteiger partial charge < -0.3 is 15.0 Å². The number of imidazole rings is 1. The summed E-state index contributed by atoms with van der Waals surface area (Å²) in [4.78, 5) is 21.8. The molecule has 1 saturated carbocycles. The lowest BCUT2D eigenvalue weighted by atomic mass is 9.93. The van der Waals surface area contributed by atoms with Gasteiger partial charge in [-0.3, -0.25) is 9.36 Å². The Morgan fingerprint density at radius 1 is 1.25 bits per heavy atom. The largest absolute Gasteiger partial charge is 0.361 e. The standard InChI is InChI=1S/C26H34Br2N4O2SSi/c1-36(2,3)13-12-34-17-32-23(16-30-26(32)35-19-9-5-4-6-10-19)20-11-7-8-18(20)15-29-25(33)22-14-21(27)24(28)31-22/h4-6,9-10,14,16,18,20,31H,7-8,11-13,15,17H2,1-3H3,(H,29,33)/t18-,20+/m0/s1. The minimum atomic E-state index is -1.16. The highest BCUT2D eigenvalue weighted by Gasteiger charge is 2.32. The van der Waals surface area contributed by atoms with Crippen LogP contribution >= 0.6 is 43.6 Å². The van der Waals surface area contributed by atoms with E-state index in [1.54, 1.807) is 17.8 Å². The molecule has 0 saturated heterocycles. The second-order valence-electron chi connectivity index (χ2n) is 10.5. The number of rotatable bonds is 11. The molecule has 2 heterocycles. The SMILES string of the molecule is C[Si](C)(C)CCOCn1c([C@@H]2CCC[C@H]2CNC(=O)c2cc(Br)c(Br)[nH]2)cnc1Sc1ccccc1. The van der Waals surface area contributed by atoms with Gasteiger partial charge in [0.25, 0.3) is 5.91 Å². The molecule has 2 N–H and O–H groups in total. The molecule has 1 aliphatic carbocycles. The number of H-pyrrole nitrogens is 1. The van der Waals surface area contributed by atoms with Crippen LogP contribution in [-0.2, 0) is 11.5 Å². The fourth-order valence-corrected chi connectivity index (χ4v) is 6.81. The van der Waals surface area contributed by atoms with Crippen molar-refractivity contribution in [2.24, 2.45) is 5.92 Å². The Balaban J connectivity index is 1.48. The van der Waals surface area contributed by atoms with E-state index in [-0.39, 0.29) is 5.91 Å². The summed E-state index contributed by atoms with van der Waals surface area (Å²) >= 11 is 8.52. The van der Waals surface area contributed by atoms with Gasteiger partial charge in [0, 0.05) is 43.9 Å². The van der Waals surface area contributed by atoms with Crippen LogP contribution in [0.25, 0.3) is 0 Å². The van der Waals surface area contributed by atoms with E-state index in [0.29, 0.717) is 30.8 Å². The molecule has 0 radical (unpaired) electrons. The molecule has 1 amide bonds. The third-order valence-corrected chi connectivity index (χ3v) is 11.1. The van der Waals surface area contributed by atoms with Gasteiger partial charge in [-0.05, 0) is 74.9 Å². The summed E-state index contributed by atoms with van der Waals surface area (Å²) in [5.41, 5.74) is 1.76. The third-order valence-electron chi connectivity index (χ3n) is 6.55. The molecule has 1 aromatic carbocycles. The Morgan fingerprint density at radius 2 is 2.03 bits per heavy atom. The number of carbonyl (C=O) groups excluding carboxylic acids is 1. The Morgan fingerprint density at radius 3 is 2.72 bits per heavy atom. The van der Waals surface area contributed by atoms with Crippen molar-refractivity contribution in [3.63, 3.8) is 0 Å². The van der Waals surface area contributed by atoms with Gasteiger partial charge in [-0.25, -0.2) is 4.98 Å². The summed E-state index contributed by atoms with van der Waals surface area (Å²) in [6.45, 7) is 9.04. The number of hydrogen-bond acceptors (Lipinski definition) is 4. The zero-order valence-electron chi connectivity index (χ0n) is 21.0. The summed E-state index contributed by atoms with van der Waals surface area (Å²) in [7, 11) is -1.16. The van der Waals surface area contributed by atoms with Crippen LogP contribution in [-0.4, -0.2) is 41.7 Å². The molecule has 2 atom stereocenters. The van der Waals surface area contributed by atoms with Gasteiger partial charge >= 0.3 is 0 Å². The maximum absolute atomic E-state index is 12.7. The predicted octanol–water partition coefficient (Wildman–Crippen LogP) is 7.51. The van der Waals surface area contributed by atoms with Crippen LogP contribution in [0.1, 0.15) is 41.4 Å². The van der Waals surface area contributed by atoms with E-state index in [2.05, 4.69) is 90.6 Å². The lowest BCUT2D eigenvalue weighted by molar-refractivity contribution is 0.0779. The van der Waals surface area contributed by atoms with Crippen molar-refractivity contribution >= 4 is 57.6 Å². The number of aromatic nitrogens is 3. The first-order chi connectivity index (χ1) is 17.2. The highest BCUT2D eigenvalue weighted by atomic mass is 79.9. The quantitative estimate of drug-likeness (QED) is 0.166. The lowest BCUT2D eigenvalue weighted by Gasteiger charge is -2.23. The zero-order chi connectivity index (χ0) is 25.7. The molecular formula is C26H34Br2N4O2SSi. The van der Waals surface area contributed by atoms with E-state index in [1.165, 1.54) is 5.69 Å². The number of ether oxygens (including phenoxy) is 1. The van der Waals surface area contributed by atoms with Gasteiger partial charge in [-0.15, -0.1) is 0 Å². The number of amides is 1. The predicted molar refractivity (Wildman–Crippen MR) is 156 cm³/mol. The molecule has 194 valence electrons. The highest BCUT2D eigenvalue weighted by molar-refractivity contribution is 9.13. The first-order valence-electron chi connectivity index (χ1n) is 12.4. The molecule has 2 aromatic heterocycles. The first kappa shape index (κ1) is 27.7. The average Bonchev–Trinajstić information content (AvgIpc) is 3.54. The summed E-state index contributed by atoms with van der Waals surface area (Å²) < 4.78 is 10.1. The average molecular weight is 655 g/mol. The maximum Gasteiger partial charge on any atom is 0.267 e. The normalized spacial score (nSPS) is 18.0. The van der Waals surface area contributed by atoms with Gasteiger partial charge in [-0.1, -0.05) is 56.0 Å². The van der Waals surface area contributed by atoms with Crippen LogP contribution in [0.2, 0.25) is 25.7 Å². The molecule has 36 heavy (non-hydrogen) atoms. The number of nitrogens with one attached hydrogen (secondary N) is 2. The van der Waals surface area contributed by atoms with Gasteiger partial charge in [0.15, 0.2) is 5.16 Å². The van der Waals surface area contributed by atoms with Gasteiger partial charge in [0.2, 0.25) is 0 Å². The van der Waals surface area contributed by atoms with Crippen LogP contribution < -0.4 is 5.32 Å². The number of nitrogens with zero attached hydrogens (tertiary/aromatic N) is 2. The highest BCUT2D eigenvalue weighted by Crippen LogP contribution is 2.41. The lowest BCUT2D eigenvalue weighted by Crippen LogP contribution is -2.31. The van der Waals surface area contributed by atoms with Crippen LogP contribution in [0.3, 0.4) is 0 Å². The monoisotopic (exact) mass is 652 g/mol. The van der Waals surface area contributed by atoms with Crippen molar-refractivity contribution in [1.29, 1.82) is 0 Å². The zero-order valence-corrected chi connectivity index (χ0v) is 26.0. The summed E-state index contributed by atoms with van der Waals surface area (Å²) in [5.74, 6) is 0.615. The second kappa shape index (κ2) is 12.5. The summed E-state index contributed by atoms with van der Waals surface area (Å²) in [5, 5.41) is 4.10. The van der Waals surface area contributed by atoms with Crippen LogP contribution in [0.15, 0.2) is 61.7 Å². The molecule has 0 bridgehead atoms. The number of benzene rings is 1. The molecule has 0 unspecified atom stereocenters. The molecule has 1 fully saturated rings. The smallest absolute Gasteiger partial charge is 0.267 e. The van der Waals surface area contributed by atoms with E-state index in [1.807, 2.05) is 12.3 Å². The van der Waals surface area contributed by atoms with Gasteiger partial charge in [0.05, 0.1) is 9.08 Å². The van der Waals surface area contributed by atoms with E-state index < -0.39 is 8.07 Å². The first-order valence-corrected chi connectivity index (χ1v) is 18.5. The third kappa shape index (κ3) is 7.37. The number of carbonyl (C=O) groups is 1. The number of aromatic amines is 1. The molecular weight excluding hydrogens is 620 g/mol. The molecule has 0 spiro atoms. The van der Waals surface area contributed by atoms with Crippen molar-refractivity contribution in [1.82, 2.24) is 19.9 Å². The fourth-order valence-electron chi connectivity index (χ4n) is 4.52. The van der Waals surface area contributed by atoms with Crippen LogP contribution in [0.5, 0.6) is 0 Å². The van der Waals surface area contributed by atoms with Crippen LogP contribution in [0.4, 0.5) is 0 Å². The minimum absolute atomic E-state index is 0.0874. The van der Waals surface area contributed by atoms with Crippen molar-refractivity contribution in [3.8, 4) is 0 Å². The molecule has 4 rings (SSSR count). The van der Waals surface area contributed by atoms with Crippen LogP contribution in [0, 0.1) is 5.92 Å². The number of hydrogen-bond donors (Lipinski definition) is 2. The molecule has 6 nitrogen and oxygen atoms in total. The Kier molecular flexibility index (Phi) is 9.60.